The molecule has 1 unspecified atom stereocenters. The van der Waals surface area contributed by atoms with Crippen LogP contribution in [-0.4, -0.2) is 48.2 Å². The fraction of sp³-hybridized carbons (Fsp3) is 0.474. The van der Waals surface area contributed by atoms with Gasteiger partial charge >= 0.3 is 5.97 Å². The Morgan fingerprint density at radius 1 is 1.32 bits per heavy atom. The maximum absolute atomic E-state index is 12.3. The number of hydrogen-bond donors (Lipinski definition) is 1. The number of benzene rings is 1. The van der Waals surface area contributed by atoms with Crippen LogP contribution in [0.25, 0.3) is 6.08 Å². The number of likely N-dealkylation sites (tertiary alicyclic amines) is 1. The van der Waals surface area contributed by atoms with E-state index in [0.29, 0.717) is 30.9 Å². The lowest BCUT2D eigenvalue weighted by Gasteiger charge is -2.29. The molecule has 1 aromatic rings. The van der Waals surface area contributed by atoms with Gasteiger partial charge in [0, 0.05) is 19.2 Å². The number of hydrogen-bond acceptors (Lipinski definition) is 4. The molecule has 136 valence electrons. The third-order valence-electron chi connectivity index (χ3n) is 4.05. The topological polar surface area (TPSA) is 76.1 Å². The second-order valence-electron chi connectivity index (χ2n) is 6.37. The maximum Gasteiger partial charge on any atom is 0.308 e. The summed E-state index contributed by atoms with van der Waals surface area (Å²) in [6.07, 6.45) is 4.55. The van der Waals surface area contributed by atoms with Crippen LogP contribution in [0.5, 0.6) is 11.5 Å². The average molecular weight is 347 g/mol. The van der Waals surface area contributed by atoms with Crippen LogP contribution in [0.1, 0.15) is 32.3 Å². The summed E-state index contributed by atoms with van der Waals surface area (Å²) in [5.74, 6) is -0.230. The molecule has 1 fully saturated rings. The van der Waals surface area contributed by atoms with Crippen LogP contribution in [0.2, 0.25) is 0 Å². The number of amides is 1. The van der Waals surface area contributed by atoms with Crippen molar-refractivity contribution >= 4 is 18.0 Å². The van der Waals surface area contributed by atoms with E-state index in [4.69, 9.17) is 14.6 Å². The highest BCUT2D eigenvalue weighted by Gasteiger charge is 2.27. The Labute approximate surface area is 148 Å². The predicted molar refractivity (Wildman–Crippen MR) is 94.7 cm³/mol. The van der Waals surface area contributed by atoms with Crippen LogP contribution in [0, 0.1) is 5.92 Å². The van der Waals surface area contributed by atoms with Crippen LogP contribution in [-0.2, 0) is 9.59 Å². The standard InChI is InChI=1S/C19H25NO5/c1-13(2)25-16-8-6-14(11-17(16)24-3)7-9-18(21)20-10-4-5-15(12-20)19(22)23/h6-9,11,13,15H,4-5,10,12H2,1-3H3,(H,22,23). The average Bonchev–Trinajstić information content (AvgIpc) is 2.60. The molecule has 1 aliphatic heterocycles. The summed E-state index contributed by atoms with van der Waals surface area (Å²) < 4.78 is 11.0. The molecule has 0 bridgehead atoms. The van der Waals surface area contributed by atoms with Gasteiger partial charge in [-0.15, -0.1) is 0 Å². The summed E-state index contributed by atoms with van der Waals surface area (Å²) in [6.45, 7) is 4.74. The zero-order valence-electron chi connectivity index (χ0n) is 14.9. The van der Waals surface area contributed by atoms with Crippen molar-refractivity contribution in [1.29, 1.82) is 0 Å². The zero-order valence-corrected chi connectivity index (χ0v) is 14.9. The fourth-order valence-corrected chi connectivity index (χ4v) is 2.79. The van der Waals surface area contributed by atoms with Gasteiger partial charge in [0.05, 0.1) is 19.1 Å². The Kier molecular flexibility index (Phi) is 6.44. The van der Waals surface area contributed by atoms with Gasteiger partial charge in [-0.05, 0) is 50.5 Å². The molecule has 1 heterocycles. The zero-order chi connectivity index (χ0) is 18.4. The van der Waals surface area contributed by atoms with Crippen LogP contribution in [0.15, 0.2) is 24.3 Å². The Balaban J connectivity index is 2.05. The van der Waals surface area contributed by atoms with Gasteiger partial charge in [0.15, 0.2) is 11.5 Å². The number of methoxy groups -OCH3 is 1. The summed E-state index contributed by atoms with van der Waals surface area (Å²) in [4.78, 5) is 25.0. The van der Waals surface area contributed by atoms with Crippen LogP contribution in [0.3, 0.4) is 0 Å². The molecule has 2 rings (SSSR count). The minimum atomic E-state index is -0.841. The number of carbonyl (C=O) groups is 2. The van der Waals surface area contributed by atoms with E-state index in [1.807, 2.05) is 26.0 Å². The molecular formula is C19H25NO5. The maximum atomic E-state index is 12.3. The monoisotopic (exact) mass is 347 g/mol. The van der Waals surface area contributed by atoms with E-state index in [1.54, 1.807) is 24.2 Å². The summed E-state index contributed by atoms with van der Waals surface area (Å²) >= 11 is 0. The molecule has 0 aliphatic carbocycles. The molecule has 1 N–H and O–H groups in total. The van der Waals surface area contributed by atoms with Gasteiger partial charge in [0.25, 0.3) is 0 Å². The van der Waals surface area contributed by atoms with Crippen LogP contribution in [0.4, 0.5) is 0 Å². The first kappa shape index (κ1) is 18.8. The molecule has 0 saturated carbocycles. The van der Waals surface area contributed by atoms with Crippen molar-refractivity contribution in [3.05, 3.63) is 29.8 Å². The molecule has 0 spiro atoms. The molecule has 0 aromatic heterocycles. The van der Waals surface area contributed by atoms with Crippen molar-refractivity contribution in [3.8, 4) is 11.5 Å². The number of ether oxygens (including phenoxy) is 2. The quantitative estimate of drug-likeness (QED) is 0.801. The summed E-state index contributed by atoms with van der Waals surface area (Å²) in [7, 11) is 1.57. The summed E-state index contributed by atoms with van der Waals surface area (Å²) in [5, 5.41) is 9.11. The number of carboxylic acid groups (broad SMARTS) is 1. The molecule has 1 atom stereocenters. The Morgan fingerprint density at radius 2 is 2.08 bits per heavy atom. The van der Waals surface area contributed by atoms with E-state index in [9.17, 15) is 9.59 Å². The summed E-state index contributed by atoms with van der Waals surface area (Å²) in [6, 6.07) is 5.46. The number of aliphatic carboxylic acids is 1. The first-order valence-electron chi connectivity index (χ1n) is 8.45. The van der Waals surface area contributed by atoms with Crippen molar-refractivity contribution in [3.63, 3.8) is 0 Å². The molecule has 6 heteroatoms. The number of piperidine rings is 1. The van der Waals surface area contributed by atoms with Crippen LogP contribution < -0.4 is 9.47 Å². The lowest BCUT2D eigenvalue weighted by Crippen LogP contribution is -2.41. The van der Waals surface area contributed by atoms with E-state index >= 15 is 0 Å². The van der Waals surface area contributed by atoms with Gasteiger partial charge in [-0.2, -0.15) is 0 Å². The Morgan fingerprint density at radius 3 is 2.72 bits per heavy atom. The molecule has 1 aliphatic rings. The Hall–Kier alpha value is -2.50. The SMILES string of the molecule is COc1cc(C=CC(=O)N2CCCC(C(=O)O)C2)ccc1OC(C)C. The summed E-state index contributed by atoms with van der Waals surface area (Å²) in [5.41, 5.74) is 0.813. The van der Waals surface area contributed by atoms with Gasteiger partial charge in [0.1, 0.15) is 0 Å². The largest absolute Gasteiger partial charge is 0.493 e. The lowest BCUT2D eigenvalue weighted by molar-refractivity contribution is -0.144. The third-order valence-corrected chi connectivity index (χ3v) is 4.05. The van der Waals surface area contributed by atoms with Gasteiger partial charge in [-0.1, -0.05) is 6.07 Å². The lowest BCUT2D eigenvalue weighted by atomic mass is 9.98. The number of nitrogens with zero attached hydrogens (tertiary/aromatic N) is 1. The van der Waals surface area contributed by atoms with Gasteiger partial charge in [-0.3, -0.25) is 9.59 Å². The van der Waals surface area contributed by atoms with E-state index in [-0.39, 0.29) is 18.6 Å². The Bertz CT molecular complexity index is 653. The number of rotatable bonds is 6. The van der Waals surface area contributed by atoms with Crippen molar-refractivity contribution in [2.45, 2.75) is 32.8 Å². The third kappa shape index (κ3) is 5.24. The van der Waals surface area contributed by atoms with Crippen molar-refractivity contribution in [2.75, 3.05) is 20.2 Å². The van der Waals surface area contributed by atoms with E-state index in [1.165, 1.54) is 6.08 Å². The predicted octanol–water partition coefficient (Wildman–Crippen LogP) is 2.82. The van der Waals surface area contributed by atoms with E-state index in [0.717, 1.165) is 5.56 Å². The molecule has 1 saturated heterocycles. The van der Waals surface area contributed by atoms with Gasteiger partial charge in [-0.25, -0.2) is 0 Å². The van der Waals surface area contributed by atoms with Gasteiger partial charge < -0.3 is 19.5 Å². The smallest absolute Gasteiger partial charge is 0.308 e. The molecule has 25 heavy (non-hydrogen) atoms. The normalized spacial score (nSPS) is 17.8. The van der Waals surface area contributed by atoms with Crippen molar-refractivity contribution in [1.82, 2.24) is 4.90 Å². The first-order valence-corrected chi connectivity index (χ1v) is 8.45. The highest BCUT2D eigenvalue weighted by Crippen LogP contribution is 2.29. The van der Waals surface area contributed by atoms with Gasteiger partial charge in [0.2, 0.25) is 5.91 Å². The van der Waals surface area contributed by atoms with Crippen molar-refractivity contribution in [2.24, 2.45) is 5.92 Å². The molecule has 6 nitrogen and oxygen atoms in total. The van der Waals surface area contributed by atoms with E-state index in [2.05, 4.69) is 0 Å². The second-order valence-corrected chi connectivity index (χ2v) is 6.37. The minimum absolute atomic E-state index is 0.0400. The minimum Gasteiger partial charge on any atom is -0.493 e. The first-order chi connectivity index (χ1) is 11.9. The molecule has 1 aromatic carbocycles. The van der Waals surface area contributed by atoms with Crippen molar-refractivity contribution < 1.29 is 24.2 Å². The van der Waals surface area contributed by atoms with E-state index < -0.39 is 11.9 Å². The molecule has 1 amide bonds. The highest BCUT2D eigenvalue weighted by molar-refractivity contribution is 5.92. The molecular weight excluding hydrogens is 322 g/mol. The molecule has 0 radical (unpaired) electrons. The fourth-order valence-electron chi connectivity index (χ4n) is 2.79. The number of carbonyl (C=O) groups excluding carboxylic acids is 1. The highest BCUT2D eigenvalue weighted by atomic mass is 16.5. The second kappa shape index (κ2) is 8.55. The number of carboxylic acids is 1. The van der Waals surface area contributed by atoms with Crippen LogP contribution >= 0.6 is 0 Å².